The topological polar surface area (TPSA) is 78.2 Å². The molecule has 0 N–H and O–H groups in total. The maximum atomic E-state index is 9.64. The van der Waals surface area contributed by atoms with Gasteiger partial charge in [-0.25, -0.2) is 15.0 Å². The number of anilines is 2. The Bertz CT molecular complexity index is 957. The predicted octanol–water partition coefficient (Wildman–Crippen LogP) is 2.58. The molecule has 0 aromatic carbocycles. The first-order valence-electron chi connectivity index (χ1n) is 10.6. The normalized spacial score (nSPS) is 19.0. The second kappa shape index (κ2) is 7.60. The van der Waals surface area contributed by atoms with Gasteiger partial charge in [-0.2, -0.15) is 5.26 Å². The van der Waals surface area contributed by atoms with E-state index in [4.69, 9.17) is 19.7 Å². The molecule has 2 fully saturated rings. The number of nitrogens with zero attached hydrogens (tertiary/aromatic N) is 6. The lowest BCUT2D eigenvalue weighted by Crippen LogP contribution is -2.47. The molecule has 2 aromatic rings. The first-order valence-corrected chi connectivity index (χ1v) is 10.6. The van der Waals surface area contributed by atoms with Crippen molar-refractivity contribution in [3.8, 4) is 6.07 Å². The van der Waals surface area contributed by atoms with Crippen LogP contribution in [0.25, 0.3) is 0 Å². The van der Waals surface area contributed by atoms with Crippen molar-refractivity contribution in [1.29, 1.82) is 5.26 Å². The molecule has 7 nitrogen and oxygen atoms in total. The van der Waals surface area contributed by atoms with Crippen molar-refractivity contribution in [1.82, 2.24) is 15.0 Å². The number of aromatic nitrogens is 3. The highest BCUT2D eigenvalue weighted by Crippen LogP contribution is 2.38. The fourth-order valence-corrected chi connectivity index (χ4v) is 4.12. The van der Waals surface area contributed by atoms with Gasteiger partial charge in [-0.05, 0) is 25.3 Å². The van der Waals surface area contributed by atoms with Crippen LogP contribution in [0, 0.1) is 11.3 Å². The van der Waals surface area contributed by atoms with Crippen LogP contribution in [0.1, 0.15) is 54.0 Å². The second-order valence-electron chi connectivity index (χ2n) is 8.06. The SMILES string of the molecule is CCc1cc(N2CCN(c3nc4c(cc3C#N)COCC4)CC2)nc(C2CC2)n1. The molecule has 0 amide bonds. The van der Waals surface area contributed by atoms with Crippen LogP contribution in [0.5, 0.6) is 0 Å². The number of aryl methyl sites for hydroxylation is 1. The van der Waals surface area contributed by atoms with Crippen LogP contribution in [0.2, 0.25) is 0 Å². The van der Waals surface area contributed by atoms with Crippen molar-refractivity contribution in [2.75, 3.05) is 42.6 Å². The zero-order valence-corrected chi connectivity index (χ0v) is 16.9. The summed E-state index contributed by atoms with van der Waals surface area (Å²) in [6, 6.07) is 6.43. The van der Waals surface area contributed by atoms with Gasteiger partial charge >= 0.3 is 0 Å². The molecule has 2 aromatic heterocycles. The van der Waals surface area contributed by atoms with E-state index in [2.05, 4.69) is 28.9 Å². The van der Waals surface area contributed by atoms with Crippen molar-refractivity contribution in [3.63, 3.8) is 0 Å². The summed E-state index contributed by atoms with van der Waals surface area (Å²) in [6.45, 7) is 6.82. The van der Waals surface area contributed by atoms with Crippen LogP contribution in [0.15, 0.2) is 12.1 Å². The molecule has 5 rings (SSSR count). The third kappa shape index (κ3) is 3.65. The van der Waals surface area contributed by atoms with Gasteiger partial charge in [0, 0.05) is 55.8 Å². The molecule has 7 heteroatoms. The van der Waals surface area contributed by atoms with Gasteiger partial charge in [-0.1, -0.05) is 6.92 Å². The van der Waals surface area contributed by atoms with Crippen LogP contribution >= 0.6 is 0 Å². The fraction of sp³-hybridized carbons (Fsp3) is 0.545. The average Bonchev–Trinajstić information content (AvgIpc) is 3.63. The highest BCUT2D eigenvalue weighted by atomic mass is 16.5. The molecule has 0 spiro atoms. The molecular weight excluding hydrogens is 364 g/mol. The minimum Gasteiger partial charge on any atom is -0.376 e. The summed E-state index contributed by atoms with van der Waals surface area (Å²) in [5.74, 6) is 3.45. The Morgan fingerprint density at radius 3 is 2.62 bits per heavy atom. The van der Waals surface area contributed by atoms with E-state index in [9.17, 15) is 5.26 Å². The van der Waals surface area contributed by atoms with E-state index in [1.165, 1.54) is 12.8 Å². The van der Waals surface area contributed by atoms with Gasteiger partial charge < -0.3 is 14.5 Å². The van der Waals surface area contributed by atoms with Crippen molar-refractivity contribution >= 4 is 11.6 Å². The van der Waals surface area contributed by atoms with E-state index in [0.717, 1.165) is 73.4 Å². The molecule has 0 radical (unpaired) electrons. The number of nitriles is 1. The Kier molecular flexibility index (Phi) is 4.80. The lowest BCUT2D eigenvalue weighted by Gasteiger charge is -2.37. The molecule has 0 unspecified atom stereocenters. The van der Waals surface area contributed by atoms with Crippen LogP contribution in [0.4, 0.5) is 11.6 Å². The molecule has 4 heterocycles. The van der Waals surface area contributed by atoms with Gasteiger partial charge in [0.15, 0.2) is 0 Å². The largest absolute Gasteiger partial charge is 0.376 e. The number of fused-ring (bicyclic) bond motifs is 1. The summed E-state index contributed by atoms with van der Waals surface area (Å²) in [4.78, 5) is 19.1. The quantitative estimate of drug-likeness (QED) is 0.794. The summed E-state index contributed by atoms with van der Waals surface area (Å²) >= 11 is 0. The molecule has 2 aliphatic heterocycles. The number of hydrogen-bond acceptors (Lipinski definition) is 7. The molecule has 0 bridgehead atoms. The summed E-state index contributed by atoms with van der Waals surface area (Å²) in [5.41, 5.74) is 3.90. The van der Waals surface area contributed by atoms with E-state index in [1.807, 2.05) is 6.07 Å². The van der Waals surface area contributed by atoms with Crippen molar-refractivity contribution in [3.05, 3.63) is 40.5 Å². The number of pyridine rings is 1. The minimum absolute atomic E-state index is 0.557. The molecule has 0 atom stereocenters. The Hall–Kier alpha value is -2.72. The van der Waals surface area contributed by atoms with Gasteiger partial charge in [-0.15, -0.1) is 0 Å². The molecule has 1 aliphatic carbocycles. The van der Waals surface area contributed by atoms with Crippen LogP contribution < -0.4 is 9.80 Å². The lowest BCUT2D eigenvalue weighted by atomic mass is 10.1. The van der Waals surface area contributed by atoms with E-state index < -0.39 is 0 Å². The third-order valence-corrected chi connectivity index (χ3v) is 6.02. The first-order chi connectivity index (χ1) is 14.2. The summed E-state index contributed by atoms with van der Waals surface area (Å²) in [6.07, 6.45) is 4.18. The fourth-order valence-electron chi connectivity index (χ4n) is 4.12. The van der Waals surface area contributed by atoms with Gasteiger partial charge in [0.1, 0.15) is 23.5 Å². The summed E-state index contributed by atoms with van der Waals surface area (Å²) in [5, 5.41) is 9.64. The zero-order chi connectivity index (χ0) is 19.8. The average molecular weight is 390 g/mol. The van der Waals surface area contributed by atoms with E-state index in [0.29, 0.717) is 24.7 Å². The van der Waals surface area contributed by atoms with Crippen molar-refractivity contribution in [2.45, 2.75) is 45.1 Å². The smallest absolute Gasteiger partial charge is 0.146 e. The maximum absolute atomic E-state index is 9.64. The Morgan fingerprint density at radius 1 is 1.10 bits per heavy atom. The predicted molar refractivity (Wildman–Crippen MR) is 110 cm³/mol. The Balaban J connectivity index is 1.35. The highest BCUT2D eigenvalue weighted by Gasteiger charge is 2.29. The number of ether oxygens (including phenoxy) is 1. The van der Waals surface area contributed by atoms with E-state index in [-0.39, 0.29) is 0 Å². The summed E-state index contributed by atoms with van der Waals surface area (Å²) in [7, 11) is 0. The summed E-state index contributed by atoms with van der Waals surface area (Å²) < 4.78 is 5.51. The van der Waals surface area contributed by atoms with Crippen LogP contribution in [-0.2, 0) is 24.2 Å². The highest BCUT2D eigenvalue weighted by molar-refractivity contribution is 5.57. The molecule has 1 saturated carbocycles. The number of rotatable bonds is 4. The minimum atomic E-state index is 0.557. The Morgan fingerprint density at radius 2 is 1.90 bits per heavy atom. The van der Waals surface area contributed by atoms with Crippen LogP contribution in [0.3, 0.4) is 0 Å². The van der Waals surface area contributed by atoms with Crippen molar-refractivity contribution < 1.29 is 4.74 Å². The molecule has 29 heavy (non-hydrogen) atoms. The van der Waals surface area contributed by atoms with E-state index >= 15 is 0 Å². The monoisotopic (exact) mass is 390 g/mol. The number of hydrogen-bond donors (Lipinski definition) is 0. The second-order valence-corrected chi connectivity index (χ2v) is 8.06. The standard InChI is InChI=1S/C22H26N6O/c1-2-18-12-20(26-21(24-18)15-3-4-15)27-6-8-28(9-7-27)22-16(13-23)11-17-14-29-10-5-19(17)25-22/h11-12,15H,2-10,14H2,1H3. The molecule has 1 saturated heterocycles. The maximum Gasteiger partial charge on any atom is 0.146 e. The van der Waals surface area contributed by atoms with Gasteiger partial charge in [0.25, 0.3) is 0 Å². The molecule has 150 valence electrons. The third-order valence-electron chi connectivity index (χ3n) is 6.02. The number of piperazine rings is 1. The first kappa shape index (κ1) is 18.3. The Labute approximate surface area is 171 Å². The van der Waals surface area contributed by atoms with Gasteiger partial charge in [0.2, 0.25) is 0 Å². The molecular formula is C22H26N6O. The van der Waals surface area contributed by atoms with Gasteiger partial charge in [0.05, 0.1) is 24.5 Å². The van der Waals surface area contributed by atoms with Gasteiger partial charge in [-0.3, -0.25) is 0 Å². The van der Waals surface area contributed by atoms with Crippen LogP contribution in [-0.4, -0.2) is 47.7 Å². The lowest BCUT2D eigenvalue weighted by molar-refractivity contribution is 0.109. The molecule has 3 aliphatic rings. The van der Waals surface area contributed by atoms with E-state index in [1.54, 1.807) is 0 Å². The zero-order valence-electron chi connectivity index (χ0n) is 16.9. The van der Waals surface area contributed by atoms with Crippen molar-refractivity contribution in [2.24, 2.45) is 0 Å².